The van der Waals surface area contributed by atoms with Gasteiger partial charge in [-0.05, 0) is 61.6 Å². The average molecular weight is 581 g/mol. The summed E-state index contributed by atoms with van der Waals surface area (Å²) in [4.78, 5) is 55.2. The molecule has 0 aromatic heterocycles. The Morgan fingerprint density at radius 1 is 1.07 bits per heavy atom. The lowest BCUT2D eigenvalue weighted by Gasteiger charge is -2.31. The fourth-order valence-corrected chi connectivity index (χ4v) is 5.18. The number of nitrogens with one attached hydrogen (secondary N) is 3. The van der Waals surface area contributed by atoms with Gasteiger partial charge in [0, 0.05) is 6.54 Å². The van der Waals surface area contributed by atoms with Crippen molar-refractivity contribution in [3.63, 3.8) is 0 Å². The zero-order valence-electron chi connectivity index (χ0n) is 24.4. The van der Waals surface area contributed by atoms with E-state index < -0.39 is 29.8 Å². The van der Waals surface area contributed by atoms with Crippen LogP contribution in [-0.2, 0) is 14.4 Å². The molecular weight excluding hydrogens is 540 g/mol. The van der Waals surface area contributed by atoms with Crippen molar-refractivity contribution in [1.29, 1.82) is 0 Å². The second-order valence-electron chi connectivity index (χ2n) is 10.9. The molecule has 2 aromatic rings. The van der Waals surface area contributed by atoms with Crippen molar-refractivity contribution in [2.24, 2.45) is 5.92 Å². The molecule has 3 atom stereocenters. The van der Waals surface area contributed by atoms with E-state index in [1.807, 2.05) is 13.8 Å². The molecule has 4 rings (SSSR count). The Labute approximate surface area is 246 Å². The molecule has 0 aliphatic carbocycles. The third-order valence-electron chi connectivity index (χ3n) is 7.30. The van der Waals surface area contributed by atoms with E-state index in [1.54, 1.807) is 60.5 Å². The lowest BCUT2D eigenvalue weighted by atomic mass is 10.0. The molecule has 0 spiro atoms. The highest BCUT2D eigenvalue weighted by Crippen LogP contribution is 2.24. The fraction of sp³-hybridized carbons (Fsp3) is 0.484. The Bertz CT molecular complexity index is 1250. The molecule has 226 valence electrons. The quantitative estimate of drug-likeness (QED) is 0.408. The van der Waals surface area contributed by atoms with Crippen LogP contribution in [0.5, 0.6) is 17.2 Å². The highest BCUT2D eigenvalue weighted by Gasteiger charge is 2.36. The van der Waals surface area contributed by atoms with Gasteiger partial charge < -0.3 is 35.1 Å². The molecule has 3 N–H and O–H groups in total. The molecular formula is C31H40N4O7. The lowest BCUT2D eigenvalue weighted by Crippen LogP contribution is -2.54. The topological polar surface area (TPSA) is 135 Å². The minimum atomic E-state index is -1.19. The molecule has 11 nitrogen and oxygen atoms in total. The van der Waals surface area contributed by atoms with Crippen LogP contribution in [0.25, 0.3) is 0 Å². The van der Waals surface area contributed by atoms with Crippen molar-refractivity contribution in [3.05, 3.63) is 54.1 Å². The van der Waals surface area contributed by atoms with E-state index in [1.165, 1.54) is 0 Å². The largest absolute Gasteiger partial charge is 0.497 e. The van der Waals surface area contributed by atoms with Crippen LogP contribution in [0.15, 0.2) is 48.5 Å². The zero-order valence-corrected chi connectivity index (χ0v) is 24.4. The van der Waals surface area contributed by atoms with E-state index in [9.17, 15) is 19.2 Å². The van der Waals surface area contributed by atoms with Gasteiger partial charge in [-0.3, -0.25) is 19.2 Å². The molecule has 2 aromatic carbocycles. The van der Waals surface area contributed by atoms with Crippen molar-refractivity contribution in [2.45, 2.75) is 57.7 Å². The Morgan fingerprint density at radius 2 is 1.81 bits per heavy atom. The molecule has 2 heterocycles. The molecule has 0 bridgehead atoms. The Morgan fingerprint density at radius 3 is 2.55 bits per heavy atom. The first kappa shape index (κ1) is 30.7. The number of ether oxygens (including phenoxy) is 3. The van der Waals surface area contributed by atoms with Crippen LogP contribution in [0.2, 0.25) is 0 Å². The number of methoxy groups -OCH3 is 1. The van der Waals surface area contributed by atoms with Gasteiger partial charge in [-0.25, -0.2) is 0 Å². The number of amides is 4. The molecule has 0 radical (unpaired) electrons. The maximum absolute atomic E-state index is 13.6. The number of nitrogens with zero attached hydrogens (tertiary/aromatic N) is 1. The number of carbonyl (C=O) groups is 4. The third-order valence-corrected chi connectivity index (χ3v) is 7.30. The van der Waals surface area contributed by atoms with Gasteiger partial charge in [0.15, 0.2) is 0 Å². The second-order valence-corrected chi connectivity index (χ2v) is 10.9. The molecule has 0 unspecified atom stereocenters. The molecule has 1 fully saturated rings. The minimum absolute atomic E-state index is 0.142. The summed E-state index contributed by atoms with van der Waals surface area (Å²) in [6.07, 6.45) is 1.70. The number of fused-ring (bicyclic) bond motifs is 2. The monoisotopic (exact) mass is 580 g/mol. The van der Waals surface area contributed by atoms with Crippen LogP contribution in [0.4, 0.5) is 0 Å². The predicted octanol–water partition coefficient (Wildman–Crippen LogP) is 2.29. The molecule has 42 heavy (non-hydrogen) atoms. The molecule has 4 amide bonds. The van der Waals surface area contributed by atoms with E-state index in [2.05, 4.69) is 16.0 Å². The van der Waals surface area contributed by atoms with Crippen molar-refractivity contribution in [2.75, 3.05) is 33.4 Å². The van der Waals surface area contributed by atoms with Gasteiger partial charge in [-0.1, -0.05) is 26.0 Å². The standard InChI is InChI=1S/C31H40N4O7/c1-20(2)17-26-31(39)35-15-6-7-21(35)19-42-27-9-5-4-8-24(27)29(37)34-25(18-28(36)33-26)30(38)32-14-16-41-23-12-10-22(40-3)11-13-23/h4-5,8-13,20-21,25-26H,6-7,14-19H2,1-3H3,(H,32,38)(H,33,36)(H,34,37)/t21-,25+,26+/m1/s1. The van der Waals surface area contributed by atoms with Crippen LogP contribution < -0.4 is 30.2 Å². The van der Waals surface area contributed by atoms with Crippen LogP contribution in [0.3, 0.4) is 0 Å². The Balaban J connectivity index is 1.50. The summed E-state index contributed by atoms with van der Waals surface area (Å²) >= 11 is 0. The minimum Gasteiger partial charge on any atom is -0.497 e. The summed E-state index contributed by atoms with van der Waals surface area (Å²) in [7, 11) is 1.58. The van der Waals surface area contributed by atoms with E-state index in [4.69, 9.17) is 14.2 Å². The first-order valence-corrected chi connectivity index (χ1v) is 14.4. The van der Waals surface area contributed by atoms with Crippen LogP contribution in [-0.4, -0.2) is 80.1 Å². The van der Waals surface area contributed by atoms with Crippen LogP contribution >= 0.6 is 0 Å². The van der Waals surface area contributed by atoms with Crippen molar-refractivity contribution < 1.29 is 33.4 Å². The smallest absolute Gasteiger partial charge is 0.255 e. The number of rotatable bonds is 8. The first-order valence-electron chi connectivity index (χ1n) is 14.4. The number of hydrogen-bond donors (Lipinski definition) is 3. The molecule has 11 heteroatoms. The van der Waals surface area contributed by atoms with Gasteiger partial charge in [-0.2, -0.15) is 0 Å². The number of hydrogen-bond acceptors (Lipinski definition) is 7. The molecule has 2 aliphatic rings. The van der Waals surface area contributed by atoms with Gasteiger partial charge in [0.1, 0.15) is 42.5 Å². The second kappa shape index (κ2) is 14.6. The average Bonchev–Trinajstić information content (AvgIpc) is 3.45. The van der Waals surface area contributed by atoms with E-state index in [0.717, 1.165) is 12.8 Å². The fourth-order valence-electron chi connectivity index (χ4n) is 5.18. The van der Waals surface area contributed by atoms with Crippen molar-refractivity contribution in [3.8, 4) is 17.2 Å². The maximum Gasteiger partial charge on any atom is 0.255 e. The summed E-state index contributed by atoms with van der Waals surface area (Å²) < 4.78 is 16.9. The van der Waals surface area contributed by atoms with Crippen molar-refractivity contribution >= 4 is 23.6 Å². The number of benzene rings is 2. The van der Waals surface area contributed by atoms with Gasteiger partial charge in [0.05, 0.1) is 31.7 Å². The van der Waals surface area contributed by atoms with Gasteiger partial charge in [-0.15, -0.1) is 0 Å². The third kappa shape index (κ3) is 8.14. The highest BCUT2D eigenvalue weighted by atomic mass is 16.5. The molecule has 1 saturated heterocycles. The van der Waals surface area contributed by atoms with E-state index in [0.29, 0.717) is 30.2 Å². The first-order chi connectivity index (χ1) is 20.2. The van der Waals surface area contributed by atoms with E-state index >= 15 is 0 Å². The SMILES string of the molecule is COc1ccc(OCCNC(=O)[C@@H]2CC(=O)N[C@@H](CC(C)C)C(=O)N3CCC[C@@H]3COc3ccccc3C(=O)N2)cc1. The van der Waals surface area contributed by atoms with Crippen LogP contribution in [0, 0.1) is 5.92 Å². The molecule has 0 saturated carbocycles. The predicted molar refractivity (Wildman–Crippen MR) is 155 cm³/mol. The summed E-state index contributed by atoms with van der Waals surface area (Å²) in [5.74, 6) is 0.0530. The number of carbonyl (C=O) groups excluding carboxylic acids is 4. The van der Waals surface area contributed by atoms with Crippen molar-refractivity contribution in [1.82, 2.24) is 20.9 Å². The Hall–Kier alpha value is -4.28. The number of para-hydroxylation sites is 1. The normalized spacial score (nSPS) is 21.3. The summed E-state index contributed by atoms with van der Waals surface area (Å²) in [5, 5.41) is 8.28. The Kier molecular flexibility index (Phi) is 10.6. The summed E-state index contributed by atoms with van der Waals surface area (Å²) in [6, 6.07) is 11.7. The van der Waals surface area contributed by atoms with Gasteiger partial charge in [0.25, 0.3) is 5.91 Å². The van der Waals surface area contributed by atoms with Crippen LogP contribution in [0.1, 0.15) is 49.9 Å². The highest BCUT2D eigenvalue weighted by molar-refractivity contribution is 6.01. The zero-order chi connectivity index (χ0) is 30.1. The van der Waals surface area contributed by atoms with E-state index in [-0.39, 0.29) is 49.6 Å². The summed E-state index contributed by atoms with van der Waals surface area (Å²) in [5.41, 5.74) is 0.240. The maximum atomic E-state index is 13.6. The molecule has 2 aliphatic heterocycles. The van der Waals surface area contributed by atoms with Gasteiger partial charge >= 0.3 is 0 Å². The lowest BCUT2D eigenvalue weighted by molar-refractivity contribution is -0.138. The summed E-state index contributed by atoms with van der Waals surface area (Å²) in [6.45, 7) is 5.07. The van der Waals surface area contributed by atoms with Gasteiger partial charge in [0.2, 0.25) is 17.7 Å².